The molecule has 2 N–H and O–H groups in total. The van der Waals surface area contributed by atoms with Gasteiger partial charge >= 0.3 is 5.97 Å². The van der Waals surface area contributed by atoms with Crippen molar-refractivity contribution in [2.24, 2.45) is 0 Å². The Kier molecular flexibility index (Phi) is 7.56. The molecule has 0 heterocycles. The van der Waals surface area contributed by atoms with Crippen LogP contribution < -0.4 is 5.32 Å². The average Bonchev–Trinajstić information content (AvgIpc) is 2.62. The number of carboxylic acid groups (broad SMARTS) is 1. The van der Waals surface area contributed by atoms with E-state index >= 15 is 0 Å². The fraction of sp³-hybridized carbons (Fsp3) is 0.263. The summed E-state index contributed by atoms with van der Waals surface area (Å²) in [6.45, 7) is 0.819. The van der Waals surface area contributed by atoms with Crippen LogP contribution in [-0.4, -0.2) is 23.6 Å². The number of rotatable bonds is 9. The summed E-state index contributed by atoms with van der Waals surface area (Å²) >= 11 is 5.59. The molecule has 0 spiro atoms. The van der Waals surface area contributed by atoms with Gasteiger partial charge in [-0.3, -0.25) is 4.79 Å². The van der Waals surface area contributed by atoms with Crippen molar-refractivity contribution in [3.63, 3.8) is 0 Å². The first-order valence-corrected chi connectivity index (χ1v) is 8.44. The Hall–Kier alpha value is -2.44. The number of aliphatic carboxylic acids is 1. The Morgan fingerprint density at radius 2 is 1.92 bits per heavy atom. The molecule has 0 aliphatic rings. The number of hydrogen-bond donors (Lipinski definition) is 2. The van der Waals surface area contributed by atoms with Crippen LogP contribution in [0, 0.1) is 5.82 Å². The number of nitrogens with one attached hydrogen (secondary N) is 1. The third kappa shape index (κ3) is 6.13. The first kappa shape index (κ1) is 19.9. The van der Waals surface area contributed by atoms with Crippen molar-refractivity contribution in [3.05, 3.63) is 70.5 Å². The summed E-state index contributed by atoms with van der Waals surface area (Å²) in [5.41, 5.74) is 1.15. The molecule has 0 radical (unpaired) electrons. The van der Waals surface area contributed by atoms with Crippen LogP contribution >= 0.6 is 11.6 Å². The van der Waals surface area contributed by atoms with Crippen LogP contribution in [-0.2, 0) is 20.9 Å². The van der Waals surface area contributed by atoms with Crippen molar-refractivity contribution < 1.29 is 23.8 Å². The molecule has 0 bridgehead atoms. The number of ether oxygens (including phenoxy) is 1. The summed E-state index contributed by atoms with van der Waals surface area (Å²) in [5, 5.41) is 11.5. The highest BCUT2D eigenvalue weighted by Gasteiger charge is 2.22. The fourth-order valence-corrected chi connectivity index (χ4v) is 2.43. The van der Waals surface area contributed by atoms with Crippen molar-refractivity contribution in [3.8, 4) is 0 Å². The molecule has 1 amide bonds. The summed E-state index contributed by atoms with van der Waals surface area (Å²) in [6, 6.07) is 11.9. The van der Waals surface area contributed by atoms with Crippen LogP contribution in [0.3, 0.4) is 0 Å². The zero-order valence-corrected chi connectivity index (χ0v) is 14.7. The highest BCUT2D eigenvalue weighted by molar-refractivity contribution is 6.30. The number of benzene rings is 2. The molecule has 1 unspecified atom stereocenters. The molecular formula is C19H19ClFNO4. The van der Waals surface area contributed by atoms with Gasteiger partial charge < -0.3 is 15.2 Å². The smallest absolute Gasteiger partial charge is 0.330 e. The summed E-state index contributed by atoms with van der Waals surface area (Å²) in [5.74, 6) is -2.46. The topological polar surface area (TPSA) is 75.6 Å². The molecule has 0 aromatic heterocycles. The van der Waals surface area contributed by atoms with Gasteiger partial charge in [-0.2, -0.15) is 0 Å². The second-order valence-electron chi connectivity index (χ2n) is 5.65. The van der Waals surface area contributed by atoms with E-state index in [1.54, 1.807) is 0 Å². The lowest BCUT2D eigenvalue weighted by molar-refractivity contribution is -0.142. The molecule has 0 saturated heterocycles. The molecule has 5 nitrogen and oxygen atoms in total. The summed E-state index contributed by atoms with van der Waals surface area (Å²) in [7, 11) is 0. The minimum Gasteiger partial charge on any atom is -0.479 e. The van der Waals surface area contributed by atoms with E-state index in [4.69, 9.17) is 16.3 Å². The highest BCUT2D eigenvalue weighted by Crippen LogP contribution is 2.20. The van der Waals surface area contributed by atoms with Crippen molar-refractivity contribution in [1.29, 1.82) is 0 Å². The largest absolute Gasteiger partial charge is 0.479 e. The highest BCUT2D eigenvalue weighted by atomic mass is 35.5. The Morgan fingerprint density at radius 1 is 1.19 bits per heavy atom. The minimum absolute atomic E-state index is 0.106. The Bertz CT molecular complexity index is 754. The van der Waals surface area contributed by atoms with Gasteiger partial charge in [0.25, 0.3) is 0 Å². The van der Waals surface area contributed by atoms with Gasteiger partial charge in [0.1, 0.15) is 5.82 Å². The van der Waals surface area contributed by atoms with Crippen molar-refractivity contribution >= 4 is 23.5 Å². The molecule has 138 valence electrons. The quantitative estimate of drug-likeness (QED) is 0.651. The number of carbonyl (C=O) groups excluding carboxylic acids is 1. The predicted octanol–water partition coefficient (Wildman–Crippen LogP) is 3.72. The molecule has 0 fully saturated rings. The van der Waals surface area contributed by atoms with Gasteiger partial charge in [0, 0.05) is 13.0 Å². The Labute approximate surface area is 155 Å². The number of amides is 1. The zero-order valence-electron chi connectivity index (χ0n) is 14.0. The third-order valence-electron chi connectivity index (χ3n) is 3.63. The van der Waals surface area contributed by atoms with Crippen molar-refractivity contribution in [1.82, 2.24) is 5.32 Å². The van der Waals surface area contributed by atoms with Crippen LogP contribution in [0.5, 0.6) is 0 Å². The SMILES string of the molecule is O=C(CCCOCc1ccccc1)NC(C(=O)O)c1ccc(Cl)c(F)c1. The third-order valence-corrected chi connectivity index (χ3v) is 3.94. The average molecular weight is 380 g/mol. The van der Waals surface area contributed by atoms with E-state index in [9.17, 15) is 19.1 Å². The predicted molar refractivity (Wildman–Crippen MR) is 95.3 cm³/mol. The molecule has 2 aromatic rings. The van der Waals surface area contributed by atoms with E-state index in [0.29, 0.717) is 19.6 Å². The van der Waals surface area contributed by atoms with E-state index in [1.165, 1.54) is 12.1 Å². The van der Waals surface area contributed by atoms with E-state index in [2.05, 4.69) is 5.32 Å². The number of carbonyl (C=O) groups is 2. The van der Waals surface area contributed by atoms with Crippen LogP contribution in [0.15, 0.2) is 48.5 Å². The monoisotopic (exact) mass is 379 g/mol. The lowest BCUT2D eigenvalue weighted by atomic mass is 10.1. The maximum atomic E-state index is 13.5. The van der Waals surface area contributed by atoms with Crippen LogP contribution in [0.25, 0.3) is 0 Å². The van der Waals surface area contributed by atoms with Crippen molar-refractivity contribution in [2.45, 2.75) is 25.5 Å². The first-order valence-electron chi connectivity index (χ1n) is 8.06. The normalized spacial score (nSPS) is 11.8. The van der Waals surface area contributed by atoms with Gasteiger partial charge in [-0.1, -0.05) is 48.0 Å². The molecule has 2 rings (SSSR count). The second-order valence-corrected chi connectivity index (χ2v) is 6.06. The van der Waals surface area contributed by atoms with Gasteiger partial charge in [0.2, 0.25) is 5.91 Å². The summed E-state index contributed by atoms with van der Waals surface area (Å²) in [6.07, 6.45) is 0.550. The number of hydrogen-bond acceptors (Lipinski definition) is 3. The van der Waals surface area contributed by atoms with E-state index in [-0.39, 0.29) is 17.0 Å². The lowest BCUT2D eigenvalue weighted by Gasteiger charge is -2.15. The zero-order chi connectivity index (χ0) is 18.9. The maximum Gasteiger partial charge on any atom is 0.330 e. The summed E-state index contributed by atoms with van der Waals surface area (Å²) < 4.78 is 19.0. The summed E-state index contributed by atoms with van der Waals surface area (Å²) in [4.78, 5) is 23.3. The molecule has 7 heteroatoms. The minimum atomic E-state index is -1.33. The Balaban J connectivity index is 1.78. The van der Waals surface area contributed by atoms with E-state index in [0.717, 1.165) is 11.6 Å². The number of halogens is 2. The molecule has 0 saturated carbocycles. The molecule has 0 aliphatic carbocycles. The Morgan fingerprint density at radius 3 is 2.58 bits per heavy atom. The molecular weight excluding hydrogens is 361 g/mol. The maximum absolute atomic E-state index is 13.5. The van der Waals surface area contributed by atoms with E-state index < -0.39 is 23.7 Å². The van der Waals surface area contributed by atoms with Crippen molar-refractivity contribution in [2.75, 3.05) is 6.61 Å². The second kappa shape index (κ2) is 9.89. The van der Waals surface area contributed by atoms with Gasteiger partial charge in [0.15, 0.2) is 6.04 Å². The molecule has 0 aliphatic heterocycles. The van der Waals surface area contributed by atoms with Gasteiger partial charge in [-0.05, 0) is 29.7 Å². The fourth-order valence-electron chi connectivity index (χ4n) is 2.31. The molecule has 2 aromatic carbocycles. The molecule has 1 atom stereocenters. The van der Waals surface area contributed by atoms with E-state index in [1.807, 2.05) is 30.3 Å². The van der Waals surface area contributed by atoms with Gasteiger partial charge in [-0.25, -0.2) is 9.18 Å². The standard InChI is InChI=1S/C19H19ClFNO4/c20-15-9-8-14(11-16(15)21)18(19(24)25)22-17(23)7-4-10-26-12-13-5-2-1-3-6-13/h1-3,5-6,8-9,11,18H,4,7,10,12H2,(H,22,23)(H,24,25). The molecule has 26 heavy (non-hydrogen) atoms. The lowest BCUT2D eigenvalue weighted by Crippen LogP contribution is -2.33. The van der Waals surface area contributed by atoms with Gasteiger partial charge in [0.05, 0.1) is 11.6 Å². The van der Waals surface area contributed by atoms with Crippen LogP contribution in [0.1, 0.15) is 30.0 Å². The van der Waals surface area contributed by atoms with Crippen LogP contribution in [0.4, 0.5) is 4.39 Å². The van der Waals surface area contributed by atoms with Gasteiger partial charge in [-0.15, -0.1) is 0 Å². The first-order chi connectivity index (χ1) is 12.5. The van der Waals surface area contributed by atoms with Crippen LogP contribution in [0.2, 0.25) is 5.02 Å². The number of carboxylic acids is 1.